The molecule has 1 aromatic rings. The number of pyridine rings is 1. The first kappa shape index (κ1) is 10.8. The molecule has 0 saturated carbocycles. The summed E-state index contributed by atoms with van der Waals surface area (Å²) in [5, 5.41) is 0.779. The summed E-state index contributed by atoms with van der Waals surface area (Å²) in [6, 6.07) is 4.28. The largest absolute Gasteiger partial charge is 0.356 e. The van der Waals surface area contributed by atoms with Crippen molar-refractivity contribution in [2.75, 3.05) is 24.2 Å². The first-order valence-electron chi connectivity index (χ1n) is 5.50. The van der Waals surface area contributed by atoms with Gasteiger partial charge in [-0.05, 0) is 37.7 Å². The van der Waals surface area contributed by atoms with E-state index in [0.717, 1.165) is 24.2 Å². The van der Waals surface area contributed by atoms with Gasteiger partial charge in [0.05, 0.1) is 0 Å². The number of piperidine rings is 1. The summed E-state index contributed by atoms with van der Waals surface area (Å²) < 4.78 is 0. The predicted molar refractivity (Wildman–Crippen MR) is 67.7 cm³/mol. The molecule has 0 aliphatic carbocycles. The lowest BCUT2D eigenvalue weighted by Gasteiger charge is -2.32. The molecule has 1 aliphatic rings. The highest BCUT2D eigenvalue weighted by Crippen LogP contribution is 2.23. The number of thioether (sulfide) groups is 1. The minimum atomic E-state index is 0.779. The molecule has 0 N–H and O–H groups in total. The van der Waals surface area contributed by atoms with Crippen LogP contribution in [0, 0.1) is 6.92 Å². The second-order valence-electron chi connectivity index (χ2n) is 4.14. The fourth-order valence-corrected chi connectivity index (χ4v) is 2.72. The molecule has 3 heteroatoms. The van der Waals surface area contributed by atoms with E-state index < -0.39 is 0 Å². The standard InChI is InChI=1S/C12H18N2S/c1-10-5-6-12(13-8-10)14-7-3-4-11(9-14)15-2/h5-6,8,11H,3-4,7,9H2,1-2H3. The van der Waals surface area contributed by atoms with Gasteiger partial charge in [-0.2, -0.15) is 11.8 Å². The summed E-state index contributed by atoms with van der Waals surface area (Å²) in [7, 11) is 0. The zero-order valence-corrected chi connectivity index (χ0v) is 10.3. The molecule has 1 fully saturated rings. The topological polar surface area (TPSA) is 16.1 Å². The highest BCUT2D eigenvalue weighted by Gasteiger charge is 2.19. The second-order valence-corrected chi connectivity index (χ2v) is 5.28. The van der Waals surface area contributed by atoms with Crippen molar-refractivity contribution < 1.29 is 0 Å². The van der Waals surface area contributed by atoms with E-state index in [4.69, 9.17) is 0 Å². The van der Waals surface area contributed by atoms with Crippen LogP contribution in [0.5, 0.6) is 0 Å². The van der Waals surface area contributed by atoms with Gasteiger partial charge in [-0.15, -0.1) is 0 Å². The molecule has 2 nitrogen and oxygen atoms in total. The summed E-state index contributed by atoms with van der Waals surface area (Å²) >= 11 is 1.98. The third-order valence-electron chi connectivity index (χ3n) is 2.93. The average Bonchev–Trinajstić information content (AvgIpc) is 2.30. The molecule has 1 aromatic heterocycles. The maximum Gasteiger partial charge on any atom is 0.128 e. The van der Waals surface area contributed by atoms with Gasteiger partial charge in [-0.3, -0.25) is 0 Å². The minimum absolute atomic E-state index is 0.779. The Morgan fingerprint density at radius 2 is 2.33 bits per heavy atom. The van der Waals surface area contributed by atoms with Gasteiger partial charge in [0.2, 0.25) is 0 Å². The molecular weight excluding hydrogens is 204 g/mol. The molecule has 1 atom stereocenters. The summed E-state index contributed by atoms with van der Waals surface area (Å²) in [5.41, 5.74) is 1.23. The fourth-order valence-electron chi connectivity index (χ4n) is 1.99. The van der Waals surface area contributed by atoms with Crippen LogP contribution in [0.4, 0.5) is 5.82 Å². The van der Waals surface area contributed by atoms with Crippen molar-refractivity contribution in [3.8, 4) is 0 Å². The first-order valence-corrected chi connectivity index (χ1v) is 6.79. The Labute approximate surface area is 96.1 Å². The average molecular weight is 222 g/mol. The zero-order valence-electron chi connectivity index (χ0n) is 9.44. The Morgan fingerprint density at radius 1 is 1.47 bits per heavy atom. The van der Waals surface area contributed by atoms with E-state index in [1.54, 1.807) is 0 Å². The van der Waals surface area contributed by atoms with Gasteiger partial charge in [0, 0.05) is 24.5 Å². The van der Waals surface area contributed by atoms with E-state index in [2.05, 4.69) is 35.2 Å². The summed E-state index contributed by atoms with van der Waals surface area (Å²) in [4.78, 5) is 6.89. The fraction of sp³-hybridized carbons (Fsp3) is 0.583. The third-order valence-corrected chi connectivity index (χ3v) is 3.98. The Morgan fingerprint density at radius 3 is 3.00 bits per heavy atom. The lowest BCUT2D eigenvalue weighted by atomic mass is 10.1. The SMILES string of the molecule is CSC1CCCN(c2ccc(C)cn2)C1. The lowest BCUT2D eigenvalue weighted by Crippen LogP contribution is -2.37. The monoisotopic (exact) mass is 222 g/mol. The molecule has 0 bridgehead atoms. The molecular formula is C12H18N2S. The van der Waals surface area contributed by atoms with Crippen LogP contribution in [-0.4, -0.2) is 29.6 Å². The van der Waals surface area contributed by atoms with Crippen molar-refractivity contribution in [1.29, 1.82) is 0 Å². The zero-order chi connectivity index (χ0) is 10.7. The maximum atomic E-state index is 4.49. The normalized spacial score (nSPS) is 21.7. The Bertz CT molecular complexity index is 310. The predicted octanol–water partition coefficient (Wildman–Crippen LogP) is 2.72. The summed E-state index contributed by atoms with van der Waals surface area (Å²) in [5.74, 6) is 1.14. The number of aromatic nitrogens is 1. The molecule has 0 amide bonds. The van der Waals surface area contributed by atoms with Crippen molar-refractivity contribution in [3.05, 3.63) is 23.9 Å². The van der Waals surface area contributed by atoms with E-state index in [1.807, 2.05) is 18.0 Å². The van der Waals surface area contributed by atoms with Gasteiger partial charge in [0.15, 0.2) is 0 Å². The molecule has 0 spiro atoms. The maximum absolute atomic E-state index is 4.49. The van der Waals surface area contributed by atoms with Gasteiger partial charge in [0.25, 0.3) is 0 Å². The number of nitrogens with zero attached hydrogens (tertiary/aromatic N) is 2. The molecule has 2 rings (SSSR count). The Hall–Kier alpha value is -0.700. The summed E-state index contributed by atoms with van der Waals surface area (Å²) in [6.45, 7) is 4.39. The summed E-state index contributed by atoms with van der Waals surface area (Å²) in [6.07, 6.45) is 6.80. The van der Waals surface area contributed by atoms with Gasteiger partial charge in [-0.25, -0.2) is 4.98 Å². The number of hydrogen-bond donors (Lipinski definition) is 0. The first-order chi connectivity index (χ1) is 7.29. The Kier molecular flexibility index (Phi) is 3.52. The van der Waals surface area contributed by atoms with E-state index in [9.17, 15) is 0 Å². The molecule has 2 heterocycles. The van der Waals surface area contributed by atoms with Gasteiger partial charge >= 0.3 is 0 Å². The molecule has 0 radical (unpaired) electrons. The number of anilines is 1. The number of hydrogen-bond acceptors (Lipinski definition) is 3. The van der Waals surface area contributed by atoms with Gasteiger partial charge < -0.3 is 4.90 Å². The van der Waals surface area contributed by atoms with E-state index in [1.165, 1.54) is 18.4 Å². The molecule has 1 saturated heterocycles. The number of rotatable bonds is 2. The minimum Gasteiger partial charge on any atom is -0.356 e. The highest BCUT2D eigenvalue weighted by atomic mass is 32.2. The van der Waals surface area contributed by atoms with Crippen molar-refractivity contribution in [2.45, 2.75) is 25.0 Å². The van der Waals surface area contributed by atoms with Crippen LogP contribution < -0.4 is 4.90 Å². The van der Waals surface area contributed by atoms with E-state index >= 15 is 0 Å². The van der Waals surface area contributed by atoms with Crippen LogP contribution >= 0.6 is 11.8 Å². The Balaban J connectivity index is 2.06. The van der Waals surface area contributed by atoms with Gasteiger partial charge in [0.1, 0.15) is 5.82 Å². The molecule has 82 valence electrons. The van der Waals surface area contributed by atoms with Crippen molar-refractivity contribution >= 4 is 17.6 Å². The van der Waals surface area contributed by atoms with E-state index in [-0.39, 0.29) is 0 Å². The van der Waals surface area contributed by atoms with Crippen LogP contribution in [0.2, 0.25) is 0 Å². The van der Waals surface area contributed by atoms with Crippen LogP contribution in [0.1, 0.15) is 18.4 Å². The quantitative estimate of drug-likeness (QED) is 0.765. The van der Waals surface area contributed by atoms with E-state index in [0.29, 0.717) is 0 Å². The van der Waals surface area contributed by atoms with Crippen molar-refractivity contribution in [3.63, 3.8) is 0 Å². The lowest BCUT2D eigenvalue weighted by molar-refractivity contribution is 0.586. The molecule has 1 unspecified atom stereocenters. The number of aryl methyl sites for hydroxylation is 1. The van der Waals surface area contributed by atoms with Crippen LogP contribution in [-0.2, 0) is 0 Å². The van der Waals surface area contributed by atoms with Crippen LogP contribution in [0.25, 0.3) is 0 Å². The molecule has 0 aromatic carbocycles. The highest BCUT2D eigenvalue weighted by molar-refractivity contribution is 7.99. The molecule has 1 aliphatic heterocycles. The van der Waals surface area contributed by atoms with Crippen molar-refractivity contribution in [1.82, 2.24) is 4.98 Å². The van der Waals surface area contributed by atoms with Crippen LogP contribution in [0.15, 0.2) is 18.3 Å². The molecule has 15 heavy (non-hydrogen) atoms. The van der Waals surface area contributed by atoms with Crippen LogP contribution in [0.3, 0.4) is 0 Å². The smallest absolute Gasteiger partial charge is 0.128 e. The second kappa shape index (κ2) is 4.88. The third kappa shape index (κ3) is 2.65. The van der Waals surface area contributed by atoms with Crippen molar-refractivity contribution in [2.24, 2.45) is 0 Å². The van der Waals surface area contributed by atoms with Gasteiger partial charge in [-0.1, -0.05) is 6.07 Å².